The van der Waals surface area contributed by atoms with Crippen LogP contribution in [0.5, 0.6) is 0 Å². The maximum atomic E-state index is 13.7. The number of piperidine rings is 1. The smallest absolute Gasteiger partial charge is 0.251 e. The Kier molecular flexibility index (Phi) is 7.61. The van der Waals surface area contributed by atoms with Crippen molar-refractivity contribution in [2.24, 2.45) is 28.4 Å². The number of aromatic amines is 1. The van der Waals surface area contributed by atoms with Gasteiger partial charge in [-0.3, -0.25) is 24.2 Å². The first kappa shape index (κ1) is 29.7. The molecule has 2 aliphatic rings. The van der Waals surface area contributed by atoms with E-state index in [2.05, 4.69) is 33.9 Å². The summed E-state index contributed by atoms with van der Waals surface area (Å²) in [6, 6.07) is 0.624. The second-order valence-electron chi connectivity index (χ2n) is 12.7. The molecule has 3 heterocycles. The fourth-order valence-corrected chi connectivity index (χ4v) is 6.92. The van der Waals surface area contributed by atoms with Crippen molar-refractivity contribution in [1.82, 2.24) is 24.9 Å². The Hall–Kier alpha value is -3.32. The van der Waals surface area contributed by atoms with Crippen molar-refractivity contribution in [3.8, 4) is 0 Å². The summed E-state index contributed by atoms with van der Waals surface area (Å²) in [6.45, 7) is 9.90. The van der Waals surface area contributed by atoms with E-state index < -0.39 is 50.9 Å². The molecule has 218 valence electrons. The van der Waals surface area contributed by atoms with Crippen LogP contribution in [-0.4, -0.2) is 71.9 Å². The number of hydrogen-bond donors (Lipinski definition) is 4. The Balaban J connectivity index is 1.53. The normalized spacial score (nSPS) is 23.4. The van der Waals surface area contributed by atoms with Crippen LogP contribution in [-0.2, 0) is 30.8 Å². The van der Waals surface area contributed by atoms with Crippen LogP contribution in [0.15, 0.2) is 29.3 Å². The molecule has 1 aliphatic heterocycles. The van der Waals surface area contributed by atoms with Crippen LogP contribution < -0.4 is 21.3 Å². The van der Waals surface area contributed by atoms with E-state index in [0.29, 0.717) is 17.4 Å². The lowest BCUT2D eigenvalue weighted by Gasteiger charge is -2.37. The fourth-order valence-electron chi connectivity index (χ4n) is 6.04. The number of nitrogens with one attached hydrogen (secondary N) is 3. The third-order valence-corrected chi connectivity index (χ3v) is 8.96. The van der Waals surface area contributed by atoms with Crippen molar-refractivity contribution < 1.29 is 22.8 Å². The van der Waals surface area contributed by atoms with Gasteiger partial charge < -0.3 is 20.9 Å². The number of aromatic nitrogens is 2. The third-order valence-electron chi connectivity index (χ3n) is 8.29. The molecule has 2 fully saturated rings. The highest BCUT2D eigenvalue weighted by atomic mass is 32.2. The number of fused-ring (bicyclic) bond motifs is 2. The number of hydrogen-bond acceptors (Lipinski definition) is 7. The van der Waals surface area contributed by atoms with E-state index in [1.807, 2.05) is 0 Å². The van der Waals surface area contributed by atoms with Gasteiger partial charge in [0.2, 0.25) is 27.7 Å². The summed E-state index contributed by atoms with van der Waals surface area (Å²) in [7, 11) is -3.68. The molecule has 2 aromatic heterocycles. The van der Waals surface area contributed by atoms with Gasteiger partial charge in [-0.1, -0.05) is 34.6 Å². The van der Waals surface area contributed by atoms with Crippen LogP contribution in [0.1, 0.15) is 46.6 Å². The Bertz CT molecular complexity index is 1510. The third kappa shape index (κ3) is 6.04. The van der Waals surface area contributed by atoms with Crippen LogP contribution in [0, 0.1) is 22.7 Å². The van der Waals surface area contributed by atoms with E-state index in [1.54, 1.807) is 50.2 Å². The van der Waals surface area contributed by atoms with Gasteiger partial charge in [0, 0.05) is 48.8 Å². The fraction of sp³-hybridized carbons (Fsp3) is 0.593. The zero-order valence-corrected chi connectivity index (χ0v) is 24.5. The monoisotopic (exact) mass is 574 g/mol. The van der Waals surface area contributed by atoms with Crippen molar-refractivity contribution in [3.05, 3.63) is 40.4 Å². The maximum Gasteiger partial charge on any atom is 0.251 e. The van der Waals surface area contributed by atoms with Crippen molar-refractivity contribution in [2.45, 2.75) is 65.6 Å². The highest BCUT2D eigenvalue weighted by Crippen LogP contribution is 2.65. The topological polar surface area (TPSA) is 184 Å². The predicted molar refractivity (Wildman–Crippen MR) is 149 cm³/mol. The number of likely N-dealkylation sites (tertiary alicyclic amines) is 1. The number of pyridine rings is 2. The number of sulfonamides is 1. The van der Waals surface area contributed by atoms with E-state index in [1.165, 1.54) is 0 Å². The Morgan fingerprint density at radius 1 is 1.27 bits per heavy atom. The van der Waals surface area contributed by atoms with Crippen LogP contribution in [0.3, 0.4) is 0 Å². The SMILES string of the molecule is CC(C)(C)[C@H](NS(C)(=O)=O)C(=O)N1C[C@H]2[C@@H]([C@H]1CC(=O)N[C@H](Cc1cc3cnccc3[nH]c1=O)C(N)=O)C2(C)C. The number of nitrogens with two attached hydrogens (primary N) is 1. The first-order chi connectivity index (χ1) is 18.4. The molecule has 0 radical (unpaired) electrons. The average Bonchev–Trinajstić information content (AvgIpc) is 3.14. The van der Waals surface area contributed by atoms with Gasteiger partial charge in [-0.25, -0.2) is 13.1 Å². The molecule has 13 heteroatoms. The maximum absolute atomic E-state index is 13.7. The van der Waals surface area contributed by atoms with Crippen LogP contribution in [0.25, 0.3) is 10.9 Å². The zero-order valence-electron chi connectivity index (χ0n) is 23.6. The number of rotatable bonds is 9. The number of carbonyl (C=O) groups excluding carboxylic acids is 3. The van der Waals surface area contributed by atoms with E-state index in [9.17, 15) is 27.6 Å². The number of amides is 3. The number of H-pyrrole nitrogens is 1. The first-order valence-corrected chi connectivity index (χ1v) is 15.1. The van der Waals surface area contributed by atoms with Gasteiger partial charge in [-0.2, -0.15) is 0 Å². The van der Waals surface area contributed by atoms with Crippen molar-refractivity contribution >= 4 is 38.6 Å². The minimum absolute atomic E-state index is 0.0453. The van der Waals surface area contributed by atoms with Crippen LogP contribution in [0.2, 0.25) is 0 Å². The molecule has 40 heavy (non-hydrogen) atoms. The Labute approximate surface area is 233 Å². The molecule has 0 unspecified atom stereocenters. The molecule has 5 atom stereocenters. The number of primary amides is 1. The standard InChI is InChI=1S/C27H38N6O6S/c1-26(2,3)22(32-40(6,38)39)25(37)33-13-16-21(27(16,4)5)19(33)11-20(34)30-18(23(28)35)10-14-9-15-12-29-8-7-17(15)31-24(14)36/h7-9,12,16,18-19,21-22,32H,10-11,13H2,1-6H3,(H2,28,35)(H,30,34)(H,31,36)/t16-,18+,19+,21-,22+/m0/s1. The summed E-state index contributed by atoms with van der Waals surface area (Å²) in [5.74, 6) is -1.46. The van der Waals surface area contributed by atoms with E-state index in [-0.39, 0.29) is 41.6 Å². The Morgan fingerprint density at radius 2 is 1.95 bits per heavy atom. The molecule has 3 amide bonds. The van der Waals surface area contributed by atoms with Gasteiger partial charge in [0.05, 0.1) is 11.8 Å². The minimum atomic E-state index is -3.68. The highest BCUT2D eigenvalue weighted by molar-refractivity contribution is 7.88. The molecule has 0 bridgehead atoms. The second-order valence-corrected chi connectivity index (χ2v) is 14.5. The molecule has 0 aromatic carbocycles. The molecule has 4 rings (SSSR count). The number of nitrogens with zero attached hydrogens (tertiary/aromatic N) is 2. The number of carbonyl (C=O) groups is 3. The largest absolute Gasteiger partial charge is 0.368 e. The molecule has 5 N–H and O–H groups in total. The molecular formula is C27H38N6O6S. The van der Waals surface area contributed by atoms with Gasteiger partial charge in [0.25, 0.3) is 5.56 Å². The summed E-state index contributed by atoms with van der Waals surface area (Å²) in [5, 5.41) is 3.33. The molecule has 1 saturated carbocycles. The second kappa shape index (κ2) is 10.3. The van der Waals surface area contributed by atoms with Gasteiger partial charge in [0.15, 0.2) is 0 Å². The van der Waals surface area contributed by atoms with Gasteiger partial charge in [-0.15, -0.1) is 0 Å². The molecule has 12 nitrogen and oxygen atoms in total. The van der Waals surface area contributed by atoms with E-state index in [4.69, 9.17) is 5.73 Å². The zero-order chi connectivity index (χ0) is 29.8. The minimum Gasteiger partial charge on any atom is -0.368 e. The van der Waals surface area contributed by atoms with Gasteiger partial charge in [-0.05, 0) is 34.8 Å². The van der Waals surface area contributed by atoms with Crippen molar-refractivity contribution in [3.63, 3.8) is 0 Å². The van der Waals surface area contributed by atoms with Gasteiger partial charge in [0.1, 0.15) is 12.1 Å². The summed E-state index contributed by atoms with van der Waals surface area (Å²) in [5.41, 5.74) is 5.26. The molecule has 0 spiro atoms. The summed E-state index contributed by atoms with van der Waals surface area (Å²) < 4.78 is 26.6. The molecule has 2 aromatic rings. The van der Waals surface area contributed by atoms with Crippen LogP contribution in [0.4, 0.5) is 0 Å². The summed E-state index contributed by atoms with van der Waals surface area (Å²) in [4.78, 5) is 60.3. The summed E-state index contributed by atoms with van der Waals surface area (Å²) >= 11 is 0. The van der Waals surface area contributed by atoms with Crippen molar-refractivity contribution in [2.75, 3.05) is 12.8 Å². The molecule has 1 aliphatic carbocycles. The average molecular weight is 575 g/mol. The van der Waals surface area contributed by atoms with Gasteiger partial charge >= 0.3 is 0 Å². The van der Waals surface area contributed by atoms with E-state index in [0.717, 1.165) is 6.26 Å². The lowest BCUT2D eigenvalue weighted by molar-refractivity contribution is -0.139. The van der Waals surface area contributed by atoms with E-state index >= 15 is 0 Å². The highest BCUT2D eigenvalue weighted by Gasteiger charge is 2.68. The Morgan fingerprint density at radius 3 is 2.55 bits per heavy atom. The molecule has 1 saturated heterocycles. The predicted octanol–water partition coefficient (Wildman–Crippen LogP) is 0.273. The lowest BCUT2D eigenvalue weighted by atomic mass is 9.86. The summed E-state index contributed by atoms with van der Waals surface area (Å²) in [6.07, 6.45) is 3.93. The quantitative estimate of drug-likeness (QED) is 0.331. The molecular weight excluding hydrogens is 536 g/mol. The first-order valence-electron chi connectivity index (χ1n) is 13.2. The van der Waals surface area contributed by atoms with Crippen LogP contribution >= 0.6 is 0 Å². The van der Waals surface area contributed by atoms with Crippen molar-refractivity contribution in [1.29, 1.82) is 0 Å². The lowest BCUT2D eigenvalue weighted by Crippen LogP contribution is -2.57.